The summed E-state index contributed by atoms with van der Waals surface area (Å²) in [4.78, 5) is 1.51. The molecule has 17 heavy (non-hydrogen) atoms. The van der Waals surface area contributed by atoms with Gasteiger partial charge in [-0.05, 0) is 72.1 Å². The Balaban J connectivity index is 1.93. The Morgan fingerprint density at radius 2 is 1.94 bits per heavy atom. The molecule has 1 aromatic rings. The van der Waals surface area contributed by atoms with Gasteiger partial charge in [-0.3, -0.25) is 0 Å². The molecular weight excluding hydrogens is 294 g/mol. The zero-order chi connectivity index (χ0) is 12.1. The molecule has 2 rings (SSSR count). The van der Waals surface area contributed by atoms with Gasteiger partial charge < -0.3 is 5.73 Å². The van der Waals surface area contributed by atoms with Crippen molar-refractivity contribution in [1.82, 2.24) is 0 Å². The molecule has 3 heteroatoms. The van der Waals surface area contributed by atoms with E-state index in [1.165, 1.54) is 60.0 Å². The van der Waals surface area contributed by atoms with E-state index in [2.05, 4.69) is 28.1 Å². The molecule has 0 amide bonds. The Bertz CT molecular complexity index is 336. The highest BCUT2D eigenvalue weighted by atomic mass is 79.9. The SMILES string of the molecule is NCCC1(CCc2ccc(Br)s2)CCCCC1. The molecule has 0 saturated heterocycles. The molecule has 96 valence electrons. The molecule has 1 fully saturated rings. The number of thiophene rings is 1. The van der Waals surface area contributed by atoms with Crippen LogP contribution in [0.5, 0.6) is 0 Å². The summed E-state index contributed by atoms with van der Waals surface area (Å²) in [5, 5.41) is 0. The highest BCUT2D eigenvalue weighted by Crippen LogP contribution is 2.43. The molecule has 0 bridgehead atoms. The van der Waals surface area contributed by atoms with Crippen LogP contribution in [0.1, 0.15) is 49.8 Å². The van der Waals surface area contributed by atoms with Gasteiger partial charge in [0.2, 0.25) is 0 Å². The van der Waals surface area contributed by atoms with Crippen molar-refractivity contribution in [2.24, 2.45) is 11.1 Å². The topological polar surface area (TPSA) is 26.0 Å². The van der Waals surface area contributed by atoms with Crippen LogP contribution in [-0.2, 0) is 6.42 Å². The molecule has 0 unspecified atom stereocenters. The zero-order valence-corrected chi connectivity index (χ0v) is 12.8. The van der Waals surface area contributed by atoms with Crippen LogP contribution in [0.15, 0.2) is 15.9 Å². The van der Waals surface area contributed by atoms with Crippen LogP contribution in [0.3, 0.4) is 0 Å². The van der Waals surface area contributed by atoms with Gasteiger partial charge in [-0.1, -0.05) is 19.3 Å². The summed E-state index contributed by atoms with van der Waals surface area (Å²) in [6.45, 7) is 0.855. The summed E-state index contributed by atoms with van der Waals surface area (Å²) < 4.78 is 1.25. The van der Waals surface area contributed by atoms with E-state index in [1.54, 1.807) is 0 Å². The third kappa shape index (κ3) is 3.80. The lowest BCUT2D eigenvalue weighted by atomic mass is 9.69. The van der Waals surface area contributed by atoms with Gasteiger partial charge >= 0.3 is 0 Å². The van der Waals surface area contributed by atoms with Crippen LogP contribution >= 0.6 is 27.3 Å². The smallest absolute Gasteiger partial charge is 0.0701 e. The van der Waals surface area contributed by atoms with Crippen LogP contribution in [-0.4, -0.2) is 6.54 Å². The second kappa shape index (κ2) is 6.35. The molecule has 1 aliphatic carbocycles. The lowest BCUT2D eigenvalue weighted by Crippen LogP contribution is -2.27. The number of halogens is 1. The Morgan fingerprint density at radius 1 is 1.18 bits per heavy atom. The van der Waals surface area contributed by atoms with Crippen molar-refractivity contribution >= 4 is 27.3 Å². The van der Waals surface area contributed by atoms with Crippen molar-refractivity contribution in [2.75, 3.05) is 6.54 Å². The molecule has 0 aromatic carbocycles. The van der Waals surface area contributed by atoms with Crippen molar-refractivity contribution in [2.45, 2.75) is 51.4 Å². The van der Waals surface area contributed by atoms with E-state index in [1.807, 2.05) is 11.3 Å². The maximum Gasteiger partial charge on any atom is 0.0701 e. The van der Waals surface area contributed by atoms with E-state index < -0.39 is 0 Å². The summed E-state index contributed by atoms with van der Waals surface area (Å²) >= 11 is 5.42. The fraction of sp³-hybridized carbons (Fsp3) is 0.714. The molecule has 2 N–H and O–H groups in total. The van der Waals surface area contributed by atoms with Crippen molar-refractivity contribution < 1.29 is 0 Å². The molecule has 1 aliphatic rings. The van der Waals surface area contributed by atoms with Gasteiger partial charge in [-0.25, -0.2) is 0 Å². The van der Waals surface area contributed by atoms with E-state index in [0.717, 1.165) is 6.54 Å². The molecule has 1 saturated carbocycles. The Hall–Kier alpha value is 0.140. The molecule has 1 aromatic heterocycles. The minimum absolute atomic E-state index is 0.559. The minimum atomic E-state index is 0.559. The van der Waals surface area contributed by atoms with E-state index >= 15 is 0 Å². The van der Waals surface area contributed by atoms with Crippen molar-refractivity contribution in [3.8, 4) is 0 Å². The quantitative estimate of drug-likeness (QED) is 0.834. The summed E-state index contributed by atoms with van der Waals surface area (Å²) in [6.07, 6.45) is 10.8. The van der Waals surface area contributed by atoms with Gasteiger partial charge in [0.1, 0.15) is 0 Å². The van der Waals surface area contributed by atoms with Gasteiger partial charge in [0, 0.05) is 4.88 Å². The number of hydrogen-bond donors (Lipinski definition) is 1. The Morgan fingerprint density at radius 3 is 2.53 bits per heavy atom. The molecule has 0 atom stereocenters. The summed E-state index contributed by atoms with van der Waals surface area (Å²) in [7, 11) is 0. The average Bonchev–Trinajstić information content (AvgIpc) is 2.75. The maximum atomic E-state index is 5.81. The lowest BCUT2D eigenvalue weighted by Gasteiger charge is -2.37. The van der Waals surface area contributed by atoms with Gasteiger partial charge in [0.15, 0.2) is 0 Å². The van der Waals surface area contributed by atoms with Gasteiger partial charge in [-0.2, -0.15) is 0 Å². The first-order valence-corrected chi connectivity index (χ1v) is 8.29. The highest BCUT2D eigenvalue weighted by molar-refractivity contribution is 9.11. The van der Waals surface area contributed by atoms with Crippen molar-refractivity contribution in [1.29, 1.82) is 0 Å². The second-order valence-electron chi connectivity index (χ2n) is 5.31. The average molecular weight is 316 g/mol. The monoisotopic (exact) mass is 315 g/mol. The van der Waals surface area contributed by atoms with E-state index in [9.17, 15) is 0 Å². The highest BCUT2D eigenvalue weighted by Gasteiger charge is 2.30. The molecule has 0 radical (unpaired) electrons. The zero-order valence-electron chi connectivity index (χ0n) is 10.4. The van der Waals surface area contributed by atoms with Crippen molar-refractivity contribution in [3.05, 3.63) is 20.8 Å². The molecule has 1 nitrogen and oxygen atoms in total. The van der Waals surface area contributed by atoms with E-state index in [0.29, 0.717) is 5.41 Å². The van der Waals surface area contributed by atoms with Gasteiger partial charge in [-0.15, -0.1) is 11.3 Å². The van der Waals surface area contributed by atoms with E-state index in [4.69, 9.17) is 5.73 Å². The van der Waals surface area contributed by atoms with E-state index in [-0.39, 0.29) is 0 Å². The normalized spacial score (nSPS) is 19.4. The first kappa shape index (κ1) is 13.6. The number of hydrogen-bond acceptors (Lipinski definition) is 2. The van der Waals surface area contributed by atoms with Crippen LogP contribution < -0.4 is 5.73 Å². The van der Waals surface area contributed by atoms with Crippen LogP contribution in [0.2, 0.25) is 0 Å². The number of rotatable bonds is 5. The minimum Gasteiger partial charge on any atom is -0.330 e. The van der Waals surface area contributed by atoms with Crippen LogP contribution in [0, 0.1) is 5.41 Å². The number of nitrogens with two attached hydrogens (primary N) is 1. The fourth-order valence-corrected chi connectivity index (χ4v) is 4.59. The summed E-state index contributed by atoms with van der Waals surface area (Å²) in [6, 6.07) is 4.42. The molecule has 1 heterocycles. The Labute approximate surface area is 117 Å². The standard InChI is InChI=1S/C14H22BrNS/c15-13-5-4-12(17-13)6-9-14(10-11-16)7-2-1-3-8-14/h4-5H,1-3,6-11,16H2. The fourth-order valence-electron chi connectivity index (χ4n) is 3.11. The second-order valence-corrected chi connectivity index (χ2v) is 7.85. The van der Waals surface area contributed by atoms with Gasteiger partial charge in [0.25, 0.3) is 0 Å². The number of aryl methyl sites for hydroxylation is 1. The van der Waals surface area contributed by atoms with Crippen LogP contribution in [0.4, 0.5) is 0 Å². The summed E-state index contributed by atoms with van der Waals surface area (Å²) in [5.41, 5.74) is 6.37. The van der Waals surface area contributed by atoms with Crippen molar-refractivity contribution in [3.63, 3.8) is 0 Å². The molecular formula is C14H22BrNS. The first-order valence-electron chi connectivity index (χ1n) is 6.68. The Kier molecular flexibility index (Phi) is 5.07. The first-order chi connectivity index (χ1) is 8.24. The lowest BCUT2D eigenvalue weighted by molar-refractivity contribution is 0.161. The largest absolute Gasteiger partial charge is 0.330 e. The third-order valence-electron chi connectivity index (χ3n) is 4.12. The predicted octanol–water partition coefficient (Wildman–Crippen LogP) is 4.74. The van der Waals surface area contributed by atoms with Crippen LogP contribution in [0.25, 0.3) is 0 Å². The molecule has 0 aliphatic heterocycles. The summed E-state index contributed by atoms with van der Waals surface area (Å²) in [5.74, 6) is 0. The maximum absolute atomic E-state index is 5.81. The molecule has 0 spiro atoms. The predicted molar refractivity (Wildman–Crippen MR) is 79.5 cm³/mol. The van der Waals surface area contributed by atoms with Gasteiger partial charge in [0.05, 0.1) is 3.79 Å². The third-order valence-corrected chi connectivity index (χ3v) is 5.80.